The van der Waals surface area contributed by atoms with Crippen molar-refractivity contribution in [3.63, 3.8) is 0 Å². The van der Waals surface area contributed by atoms with Gasteiger partial charge in [0.1, 0.15) is 17.7 Å². The summed E-state index contributed by atoms with van der Waals surface area (Å²) in [5.41, 5.74) is 1.36. The molecule has 1 aliphatic rings. The third-order valence-corrected chi connectivity index (χ3v) is 7.82. The molecule has 1 aliphatic heterocycles. The molecular weight excluding hydrogens is 507 g/mol. The Morgan fingerprint density at radius 2 is 1.75 bits per heavy atom. The van der Waals surface area contributed by atoms with Crippen LogP contribution in [0.2, 0.25) is 5.02 Å². The highest BCUT2D eigenvalue weighted by atomic mass is 35.5. The first-order valence-corrected chi connectivity index (χ1v) is 13.2. The summed E-state index contributed by atoms with van der Waals surface area (Å²) in [6.07, 6.45) is 0.818. The largest absolute Gasteiger partial charge is 0.493 e. The van der Waals surface area contributed by atoms with Crippen molar-refractivity contribution in [3.8, 4) is 28.4 Å². The van der Waals surface area contributed by atoms with Crippen LogP contribution in [0, 0.1) is 12.7 Å². The van der Waals surface area contributed by atoms with E-state index in [1.165, 1.54) is 32.4 Å². The van der Waals surface area contributed by atoms with E-state index in [1.54, 1.807) is 37.3 Å². The average Bonchev–Trinajstić information content (AvgIpc) is 3.26. The molecule has 0 bridgehead atoms. The highest BCUT2D eigenvalue weighted by molar-refractivity contribution is 7.92. The van der Waals surface area contributed by atoms with Crippen molar-refractivity contribution in [1.82, 2.24) is 4.90 Å². The van der Waals surface area contributed by atoms with Gasteiger partial charge in [-0.25, -0.2) is 12.8 Å². The number of aryl methyl sites for hydroxylation is 1. The lowest BCUT2D eigenvalue weighted by atomic mass is 10.0. The number of sulfonamides is 1. The van der Waals surface area contributed by atoms with Gasteiger partial charge in [-0.2, -0.15) is 0 Å². The number of hydrogen-bond donors (Lipinski definition) is 1. The second-order valence-electron chi connectivity index (χ2n) is 8.71. The molecule has 36 heavy (non-hydrogen) atoms. The van der Waals surface area contributed by atoms with Crippen LogP contribution in [0.25, 0.3) is 11.1 Å². The first-order valence-electron chi connectivity index (χ1n) is 11.3. The van der Waals surface area contributed by atoms with E-state index in [1.807, 2.05) is 7.05 Å². The van der Waals surface area contributed by atoms with E-state index in [0.717, 1.165) is 19.5 Å². The van der Waals surface area contributed by atoms with Crippen LogP contribution >= 0.6 is 11.6 Å². The Morgan fingerprint density at radius 1 is 1.03 bits per heavy atom. The van der Waals surface area contributed by atoms with Crippen LogP contribution in [0.1, 0.15) is 12.0 Å². The molecule has 192 valence electrons. The number of ether oxygens (including phenoxy) is 3. The molecule has 10 heteroatoms. The highest BCUT2D eigenvalue weighted by Gasteiger charge is 2.25. The van der Waals surface area contributed by atoms with Crippen molar-refractivity contribution in [2.45, 2.75) is 24.3 Å². The molecule has 0 unspecified atom stereocenters. The summed E-state index contributed by atoms with van der Waals surface area (Å²) in [6, 6.07) is 12.1. The molecule has 7 nitrogen and oxygen atoms in total. The van der Waals surface area contributed by atoms with Crippen LogP contribution < -0.4 is 18.9 Å². The van der Waals surface area contributed by atoms with E-state index in [-0.39, 0.29) is 28.0 Å². The van der Waals surface area contributed by atoms with Crippen molar-refractivity contribution < 1.29 is 27.0 Å². The van der Waals surface area contributed by atoms with Crippen LogP contribution in [-0.4, -0.2) is 53.8 Å². The molecule has 0 aromatic heterocycles. The van der Waals surface area contributed by atoms with Gasteiger partial charge in [-0.05, 0) is 55.8 Å². The van der Waals surface area contributed by atoms with Crippen LogP contribution in [0.3, 0.4) is 0 Å². The lowest BCUT2D eigenvalue weighted by Crippen LogP contribution is -2.21. The first kappa shape index (κ1) is 26.1. The number of nitrogens with one attached hydrogen (secondary N) is 1. The van der Waals surface area contributed by atoms with Crippen LogP contribution in [0.5, 0.6) is 17.2 Å². The Kier molecular flexibility index (Phi) is 7.63. The smallest absolute Gasteiger partial charge is 0.262 e. The molecule has 0 aliphatic carbocycles. The molecule has 1 saturated heterocycles. The molecule has 0 spiro atoms. The van der Waals surface area contributed by atoms with Crippen LogP contribution in [0.4, 0.5) is 10.1 Å². The normalized spacial score (nSPS) is 16.1. The van der Waals surface area contributed by atoms with Crippen molar-refractivity contribution in [1.29, 1.82) is 0 Å². The number of likely N-dealkylation sites (tertiary alicyclic amines) is 1. The summed E-state index contributed by atoms with van der Waals surface area (Å²) in [5, 5.41) is 0.384. The second-order valence-corrected chi connectivity index (χ2v) is 10.8. The van der Waals surface area contributed by atoms with E-state index >= 15 is 0 Å². The Hall–Kier alpha value is -3.01. The molecule has 3 aromatic carbocycles. The van der Waals surface area contributed by atoms with Crippen LogP contribution in [-0.2, 0) is 10.0 Å². The topological polar surface area (TPSA) is 77.1 Å². The number of likely N-dealkylation sites (N-methyl/N-ethyl adjacent to an activating group) is 1. The summed E-state index contributed by atoms with van der Waals surface area (Å²) >= 11 is 6.32. The van der Waals surface area contributed by atoms with Gasteiger partial charge in [-0.15, -0.1) is 0 Å². The van der Waals surface area contributed by atoms with Gasteiger partial charge in [-0.1, -0.05) is 23.7 Å². The Labute approximate surface area is 215 Å². The standard InChI is InChI=1S/C26H28ClFN2O5S/c1-16-5-6-17(11-22(16)28)20-13-24(33-3)25(34-4)14-26(20)36(31,32)29-18-7-8-21(27)23(12-18)35-19-9-10-30(2)15-19/h5-8,11-14,19,29H,9-10,15H2,1-4H3/t19-/m1/s1. The first-order chi connectivity index (χ1) is 17.1. The van der Waals surface area contributed by atoms with Crippen LogP contribution in [0.15, 0.2) is 53.4 Å². The van der Waals surface area contributed by atoms with Crippen molar-refractivity contribution >= 4 is 27.3 Å². The summed E-state index contributed by atoms with van der Waals surface area (Å²) in [5.74, 6) is 0.483. The van der Waals surface area contributed by atoms with E-state index < -0.39 is 15.8 Å². The Balaban J connectivity index is 1.73. The zero-order chi connectivity index (χ0) is 26.0. The maximum Gasteiger partial charge on any atom is 0.262 e. The number of methoxy groups -OCH3 is 2. The van der Waals surface area contributed by atoms with Gasteiger partial charge in [0.25, 0.3) is 10.0 Å². The maximum atomic E-state index is 14.4. The van der Waals surface area contributed by atoms with E-state index in [0.29, 0.717) is 27.6 Å². The van der Waals surface area contributed by atoms with Gasteiger partial charge in [0.05, 0.1) is 29.8 Å². The predicted octanol–water partition coefficient (Wildman–Crippen LogP) is 5.36. The lowest BCUT2D eigenvalue weighted by Gasteiger charge is -2.18. The molecule has 1 N–H and O–H groups in total. The number of hydrogen-bond acceptors (Lipinski definition) is 6. The molecule has 0 radical (unpaired) electrons. The van der Waals surface area contributed by atoms with Gasteiger partial charge in [-0.3, -0.25) is 4.72 Å². The predicted molar refractivity (Wildman–Crippen MR) is 138 cm³/mol. The van der Waals surface area contributed by atoms with E-state index in [9.17, 15) is 12.8 Å². The molecule has 4 rings (SSSR count). The van der Waals surface area contributed by atoms with Gasteiger partial charge in [0, 0.05) is 30.8 Å². The lowest BCUT2D eigenvalue weighted by molar-refractivity contribution is 0.208. The number of anilines is 1. The quantitative estimate of drug-likeness (QED) is 0.419. The van der Waals surface area contributed by atoms with Crippen molar-refractivity contribution in [3.05, 3.63) is 64.9 Å². The Morgan fingerprint density at radius 3 is 2.39 bits per heavy atom. The minimum atomic E-state index is -4.15. The fraction of sp³-hybridized carbons (Fsp3) is 0.308. The molecular formula is C26H28ClFN2O5S. The average molecular weight is 535 g/mol. The maximum absolute atomic E-state index is 14.4. The number of benzene rings is 3. The molecule has 0 amide bonds. The van der Waals surface area contributed by atoms with Gasteiger partial charge in [0.15, 0.2) is 11.5 Å². The minimum absolute atomic E-state index is 0.0340. The van der Waals surface area contributed by atoms with Crippen molar-refractivity contribution in [2.24, 2.45) is 0 Å². The fourth-order valence-electron chi connectivity index (χ4n) is 4.11. The molecule has 1 fully saturated rings. The summed E-state index contributed by atoms with van der Waals surface area (Å²) in [4.78, 5) is 2.05. The molecule has 0 saturated carbocycles. The zero-order valence-corrected chi connectivity index (χ0v) is 22.0. The fourth-order valence-corrected chi connectivity index (χ4v) is 5.54. The summed E-state index contributed by atoms with van der Waals surface area (Å²) in [7, 11) is 0.715. The Bertz CT molecular complexity index is 1380. The molecule has 1 atom stereocenters. The summed E-state index contributed by atoms with van der Waals surface area (Å²) in [6.45, 7) is 3.31. The highest BCUT2D eigenvalue weighted by Crippen LogP contribution is 2.39. The number of rotatable bonds is 8. The second kappa shape index (κ2) is 10.5. The monoisotopic (exact) mass is 534 g/mol. The SMILES string of the molecule is COc1cc(-c2ccc(C)c(F)c2)c(S(=O)(=O)Nc2ccc(Cl)c(O[C@@H]3CCN(C)C3)c2)cc1OC. The van der Waals surface area contributed by atoms with Gasteiger partial charge >= 0.3 is 0 Å². The third-order valence-electron chi connectivity index (χ3n) is 6.08. The molecule has 3 aromatic rings. The van der Waals surface area contributed by atoms with E-state index in [2.05, 4.69) is 9.62 Å². The molecule has 1 heterocycles. The van der Waals surface area contributed by atoms with E-state index in [4.69, 9.17) is 25.8 Å². The summed E-state index contributed by atoms with van der Waals surface area (Å²) < 4.78 is 61.0. The minimum Gasteiger partial charge on any atom is -0.493 e. The number of nitrogens with zero attached hydrogens (tertiary/aromatic N) is 1. The third kappa shape index (κ3) is 5.53. The van der Waals surface area contributed by atoms with Gasteiger partial charge in [0.2, 0.25) is 0 Å². The number of halogens is 2. The van der Waals surface area contributed by atoms with Gasteiger partial charge < -0.3 is 19.1 Å². The van der Waals surface area contributed by atoms with Crippen molar-refractivity contribution in [2.75, 3.05) is 39.1 Å². The zero-order valence-electron chi connectivity index (χ0n) is 20.5.